The smallest absolute Gasteiger partial charge is 0.258 e. The third-order valence-corrected chi connectivity index (χ3v) is 9.91. The first-order chi connectivity index (χ1) is 19.4. The maximum atomic E-state index is 13.7. The molecule has 0 spiro atoms. The van der Waals surface area contributed by atoms with Crippen LogP contribution >= 0.6 is 0 Å². The van der Waals surface area contributed by atoms with Gasteiger partial charge in [0.1, 0.15) is 0 Å². The van der Waals surface area contributed by atoms with Crippen molar-refractivity contribution in [2.75, 3.05) is 31.1 Å². The van der Waals surface area contributed by atoms with E-state index in [1.165, 1.54) is 11.1 Å². The van der Waals surface area contributed by atoms with Gasteiger partial charge in [-0.25, -0.2) is 8.42 Å². The zero-order chi connectivity index (χ0) is 27.7. The molecule has 40 heavy (non-hydrogen) atoms. The SMILES string of the molecule is C[C@H]1Cc2cc(S(=O)(=O)N3CCN(C(c4ccccc4)c4ccccc4)CC3)ccc2N1C(=O)c1ccccc1. The van der Waals surface area contributed by atoms with Crippen molar-refractivity contribution in [1.82, 2.24) is 9.21 Å². The molecule has 0 aromatic heterocycles. The number of carbonyl (C=O) groups excluding carboxylic acids is 1. The summed E-state index contributed by atoms with van der Waals surface area (Å²) >= 11 is 0. The van der Waals surface area contributed by atoms with Gasteiger partial charge in [-0.2, -0.15) is 4.31 Å². The molecule has 1 amide bonds. The van der Waals surface area contributed by atoms with E-state index in [2.05, 4.69) is 53.4 Å². The molecule has 6 rings (SSSR count). The number of hydrogen-bond donors (Lipinski definition) is 0. The van der Waals surface area contributed by atoms with Crippen LogP contribution in [0.25, 0.3) is 0 Å². The van der Waals surface area contributed by atoms with Crippen molar-refractivity contribution in [2.45, 2.75) is 30.3 Å². The molecule has 4 aromatic carbocycles. The van der Waals surface area contributed by atoms with E-state index in [4.69, 9.17) is 0 Å². The quantitative estimate of drug-likeness (QED) is 0.323. The van der Waals surface area contributed by atoms with E-state index < -0.39 is 10.0 Å². The summed E-state index contributed by atoms with van der Waals surface area (Å²) in [6.07, 6.45) is 0.626. The fourth-order valence-electron chi connectivity index (χ4n) is 6.03. The Labute approximate surface area is 236 Å². The molecular formula is C33H33N3O3S. The van der Waals surface area contributed by atoms with Crippen LogP contribution in [0.3, 0.4) is 0 Å². The van der Waals surface area contributed by atoms with Crippen molar-refractivity contribution < 1.29 is 13.2 Å². The van der Waals surface area contributed by atoms with E-state index in [9.17, 15) is 13.2 Å². The lowest BCUT2D eigenvalue weighted by atomic mass is 9.96. The Kier molecular flexibility index (Phi) is 7.27. The number of sulfonamides is 1. The molecule has 2 aliphatic rings. The molecule has 0 N–H and O–H groups in total. The molecular weight excluding hydrogens is 518 g/mol. The van der Waals surface area contributed by atoms with Crippen LogP contribution in [0.1, 0.15) is 40.0 Å². The van der Waals surface area contributed by atoms with Crippen molar-refractivity contribution in [3.8, 4) is 0 Å². The van der Waals surface area contributed by atoms with E-state index in [-0.39, 0.29) is 18.0 Å². The van der Waals surface area contributed by atoms with Crippen molar-refractivity contribution in [3.05, 3.63) is 131 Å². The highest BCUT2D eigenvalue weighted by Crippen LogP contribution is 2.36. The normalized spacial score (nSPS) is 18.1. The Balaban J connectivity index is 1.20. The van der Waals surface area contributed by atoms with Gasteiger partial charge in [-0.1, -0.05) is 78.9 Å². The van der Waals surface area contributed by atoms with Crippen molar-refractivity contribution in [1.29, 1.82) is 0 Å². The molecule has 0 bridgehead atoms. The van der Waals surface area contributed by atoms with Crippen molar-refractivity contribution in [3.63, 3.8) is 0 Å². The molecule has 1 atom stereocenters. The van der Waals surface area contributed by atoms with Crippen molar-refractivity contribution >= 4 is 21.6 Å². The van der Waals surface area contributed by atoms with Crippen LogP contribution < -0.4 is 4.90 Å². The average molecular weight is 552 g/mol. The Bertz CT molecular complexity index is 1550. The molecule has 6 nitrogen and oxygen atoms in total. The first-order valence-electron chi connectivity index (χ1n) is 13.8. The summed E-state index contributed by atoms with van der Waals surface area (Å²) in [6, 6.07) is 35.2. The lowest BCUT2D eigenvalue weighted by molar-refractivity contribution is 0.0981. The monoisotopic (exact) mass is 551 g/mol. The van der Waals surface area contributed by atoms with Crippen LogP contribution in [-0.2, 0) is 16.4 Å². The summed E-state index contributed by atoms with van der Waals surface area (Å²) in [5.74, 6) is -0.0648. The van der Waals surface area contributed by atoms with Gasteiger partial charge in [-0.3, -0.25) is 9.69 Å². The highest BCUT2D eigenvalue weighted by Gasteiger charge is 2.35. The molecule has 0 saturated carbocycles. The number of carbonyl (C=O) groups is 1. The number of nitrogens with zero attached hydrogens (tertiary/aromatic N) is 3. The molecule has 1 saturated heterocycles. The van der Waals surface area contributed by atoms with E-state index in [1.54, 1.807) is 27.4 Å². The summed E-state index contributed by atoms with van der Waals surface area (Å²) in [5.41, 5.74) is 4.71. The van der Waals surface area contributed by atoms with Gasteiger partial charge in [-0.05, 0) is 60.4 Å². The van der Waals surface area contributed by atoms with Gasteiger partial charge in [0, 0.05) is 43.5 Å². The maximum Gasteiger partial charge on any atom is 0.258 e. The zero-order valence-corrected chi connectivity index (χ0v) is 23.4. The Morgan fingerprint density at radius 3 is 1.88 bits per heavy atom. The molecule has 2 aliphatic heterocycles. The second-order valence-corrected chi connectivity index (χ2v) is 12.5. The third-order valence-electron chi connectivity index (χ3n) is 8.01. The Hall–Kier alpha value is -3.78. The summed E-state index contributed by atoms with van der Waals surface area (Å²) in [6.45, 7) is 4.11. The molecule has 4 aromatic rings. The van der Waals surface area contributed by atoms with Gasteiger partial charge in [0.05, 0.1) is 10.9 Å². The molecule has 0 radical (unpaired) electrons. The van der Waals surface area contributed by atoms with Gasteiger partial charge in [0.15, 0.2) is 0 Å². The van der Waals surface area contributed by atoms with Gasteiger partial charge in [0.2, 0.25) is 10.0 Å². The number of amides is 1. The molecule has 0 aliphatic carbocycles. The maximum absolute atomic E-state index is 13.7. The van der Waals surface area contributed by atoms with Crippen LogP contribution in [0.2, 0.25) is 0 Å². The molecule has 1 fully saturated rings. The van der Waals surface area contributed by atoms with Gasteiger partial charge < -0.3 is 4.90 Å². The summed E-state index contributed by atoms with van der Waals surface area (Å²) < 4.78 is 29.1. The molecule has 0 unspecified atom stereocenters. The number of benzene rings is 4. The number of rotatable bonds is 6. The number of anilines is 1. The van der Waals surface area contributed by atoms with Gasteiger partial charge in [-0.15, -0.1) is 0 Å². The Morgan fingerprint density at radius 1 is 0.750 bits per heavy atom. The minimum Gasteiger partial charge on any atom is -0.305 e. The molecule has 204 valence electrons. The Morgan fingerprint density at radius 2 is 1.30 bits per heavy atom. The van der Waals surface area contributed by atoms with Crippen LogP contribution in [0.4, 0.5) is 5.69 Å². The number of fused-ring (bicyclic) bond motifs is 1. The number of hydrogen-bond acceptors (Lipinski definition) is 4. The van der Waals surface area contributed by atoms with E-state index in [1.807, 2.05) is 49.4 Å². The van der Waals surface area contributed by atoms with E-state index in [0.717, 1.165) is 11.3 Å². The molecule has 7 heteroatoms. The van der Waals surface area contributed by atoms with Crippen LogP contribution in [0, 0.1) is 0 Å². The lowest BCUT2D eigenvalue weighted by Gasteiger charge is -2.39. The first-order valence-corrected chi connectivity index (χ1v) is 15.2. The van der Waals surface area contributed by atoms with E-state index >= 15 is 0 Å². The lowest BCUT2D eigenvalue weighted by Crippen LogP contribution is -2.49. The largest absolute Gasteiger partial charge is 0.305 e. The number of piperazine rings is 1. The second kappa shape index (κ2) is 11.0. The minimum absolute atomic E-state index is 0.0443. The van der Waals surface area contributed by atoms with Crippen LogP contribution in [0.15, 0.2) is 114 Å². The fraction of sp³-hybridized carbons (Fsp3) is 0.242. The second-order valence-electron chi connectivity index (χ2n) is 10.5. The summed E-state index contributed by atoms with van der Waals surface area (Å²) in [5, 5.41) is 0. The summed E-state index contributed by atoms with van der Waals surface area (Å²) in [4.78, 5) is 17.7. The highest BCUT2D eigenvalue weighted by atomic mass is 32.2. The van der Waals surface area contributed by atoms with Gasteiger partial charge >= 0.3 is 0 Å². The topological polar surface area (TPSA) is 60.9 Å². The van der Waals surface area contributed by atoms with Crippen LogP contribution in [0.5, 0.6) is 0 Å². The predicted molar refractivity (Wildman–Crippen MR) is 158 cm³/mol. The average Bonchev–Trinajstić information content (AvgIpc) is 3.33. The minimum atomic E-state index is -3.67. The third kappa shape index (κ3) is 4.96. The van der Waals surface area contributed by atoms with Crippen molar-refractivity contribution in [2.24, 2.45) is 0 Å². The standard InChI is InChI=1S/C33H33N3O3S/c1-25-23-29-24-30(17-18-31(29)36(25)33(37)28-15-9-4-10-16-28)40(38,39)35-21-19-34(20-22-35)32(26-11-5-2-6-12-26)27-13-7-3-8-14-27/h2-18,24-25,32H,19-23H2,1H3/t25-/m0/s1. The first kappa shape index (κ1) is 26.4. The summed E-state index contributed by atoms with van der Waals surface area (Å²) in [7, 11) is -3.67. The highest BCUT2D eigenvalue weighted by molar-refractivity contribution is 7.89. The zero-order valence-electron chi connectivity index (χ0n) is 22.6. The fourth-order valence-corrected chi connectivity index (χ4v) is 7.51. The van der Waals surface area contributed by atoms with Gasteiger partial charge in [0.25, 0.3) is 5.91 Å². The molecule has 2 heterocycles. The van der Waals surface area contributed by atoms with E-state index in [0.29, 0.717) is 43.1 Å². The van der Waals surface area contributed by atoms with Crippen LogP contribution in [-0.4, -0.2) is 55.8 Å². The predicted octanol–water partition coefficient (Wildman–Crippen LogP) is 5.37.